The largest absolute Gasteiger partial charge is 0.480 e. The molecule has 0 aromatic heterocycles. The Balaban J connectivity index is 2.52. The summed E-state index contributed by atoms with van der Waals surface area (Å²) in [5.74, 6) is -2.77. The zero-order valence-electron chi connectivity index (χ0n) is 10.9. The molecule has 0 radical (unpaired) electrons. The van der Waals surface area contributed by atoms with E-state index in [0.717, 1.165) is 0 Å². The Hall–Kier alpha value is -2.32. The van der Waals surface area contributed by atoms with Crippen molar-refractivity contribution in [2.75, 3.05) is 13.1 Å². The molecule has 0 aromatic rings. The lowest BCUT2D eigenvalue weighted by molar-refractivity contribution is -0.139. The molecular formula is C11H18N4O5. The summed E-state index contributed by atoms with van der Waals surface area (Å²) in [5.41, 5.74) is 10.1. The van der Waals surface area contributed by atoms with Crippen molar-refractivity contribution in [1.29, 1.82) is 0 Å². The molecule has 9 nitrogen and oxygen atoms in total. The minimum atomic E-state index is -1.25. The van der Waals surface area contributed by atoms with Crippen molar-refractivity contribution in [3.05, 3.63) is 0 Å². The summed E-state index contributed by atoms with van der Waals surface area (Å²) in [4.78, 5) is 45.8. The number of carbonyl (C=O) groups excluding carboxylic acids is 3. The number of carboxylic acid groups (broad SMARTS) is 1. The summed E-state index contributed by atoms with van der Waals surface area (Å²) in [7, 11) is 0. The van der Waals surface area contributed by atoms with Crippen LogP contribution in [0, 0.1) is 5.92 Å². The molecule has 112 valence electrons. The van der Waals surface area contributed by atoms with Crippen molar-refractivity contribution in [1.82, 2.24) is 10.2 Å². The maximum Gasteiger partial charge on any atom is 0.326 e. The Labute approximate surface area is 115 Å². The van der Waals surface area contributed by atoms with E-state index in [1.807, 2.05) is 0 Å². The van der Waals surface area contributed by atoms with E-state index in [1.165, 1.54) is 4.90 Å². The Morgan fingerprint density at radius 2 is 1.95 bits per heavy atom. The third-order valence-electron chi connectivity index (χ3n) is 3.15. The highest BCUT2D eigenvalue weighted by Crippen LogP contribution is 2.15. The molecule has 1 heterocycles. The molecule has 1 aliphatic rings. The number of primary amides is 2. The molecule has 9 heteroatoms. The van der Waals surface area contributed by atoms with Gasteiger partial charge in [-0.15, -0.1) is 0 Å². The minimum absolute atomic E-state index is 0.0799. The summed E-state index contributed by atoms with van der Waals surface area (Å²) in [6.07, 6.45) is 0.242. The van der Waals surface area contributed by atoms with E-state index in [0.29, 0.717) is 13.0 Å². The lowest BCUT2D eigenvalue weighted by Gasteiger charge is -2.20. The number of urea groups is 1. The first-order chi connectivity index (χ1) is 9.31. The van der Waals surface area contributed by atoms with Crippen molar-refractivity contribution in [2.24, 2.45) is 17.4 Å². The van der Waals surface area contributed by atoms with Crippen LogP contribution in [-0.4, -0.2) is 53.0 Å². The van der Waals surface area contributed by atoms with Gasteiger partial charge in [-0.3, -0.25) is 9.59 Å². The van der Waals surface area contributed by atoms with E-state index in [1.54, 1.807) is 0 Å². The third kappa shape index (κ3) is 4.41. The van der Waals surface area contributed by atoms with E-state index in [-0.39, 0.29) is 19.4 Å². The standard InChI is InChI=1S/C11H18N4O5/c12-8(16)2-1-7(10(18)19)14-11(20)15-4-3-6(5-15)9(13)17/h6-7H,1-5H2,(H2,12,16)(H2,13,17)(H,14,20)(H,18,19)/t6?,7-/m0/s1. The van der Waals surface area contributed by atoms with Gasteiger partial charge in [0, 0.05) is 19.5 Å². The number of amides is 4. The van der Waals surface area contributed by atoms with E-state index in [2.05, 4.69) is 5.32 Å². The van der Waals surface area contributed by atoms with E-state index in [4.69, 9.17) is 16.6 Å². The minimum Gasteiger partial charge on any atom is -0.480 e. The van der Waals surface area contributed by atoms with Gasteiger partial charge in [0.15, 0.2) is 0 Å². The van der Waals surface area contributed by atoms with Gasteiger partial charge in [0.2, 0.25) is 11.8 Å². The molecule has 0 aromatic carbocycles. The molecule has 1 aliphatic heterocycles. The molecule has 0 bridgehead atoms. The summed E-state index contributed by atoms with van der Waals surface area (Å²) < 4.78 is 0. The van der Waals surface area contributed by atoms with Gasteiger partial charge in [0.25, 0.3) is 0 Å². The van der Waals surface area contributed by atoms with Crippen LogP contribution in [0.15, 0.2) is 0 Å². The number of nitrogens with one attached hydrogen (secondary N) is 1. The van der Waals surface area contributed by atoms with Crippen molar-refractivity contribution in [2.45, 2.75) is 25.3 Å². The Morgan fingerprint density at radius 1 is 1.30 bits per heavy atom. The highest BCUT2D eigenvalue weighted by molar-refractivity contribution is 5.84. The number of hydrogen-bond acceptors (Lipinski definition) is 4. The molecule has 1 unspecified atom stereocenters. The highest BCUT2D eigenvalue weighted by Gasteiger charge is 2.31. The van der Waals surface area contributed by atoms with Crippen LogP contribution < -0.4 is 16.8 Å². The van der Waals surface area contributed by atoms with Gasteiger partial charge in [0.05, 0.1) is 5.92 Å². The molecule has 1 fully saturated rings. The van der Waals surface area contributed by atoms with Crippen LogP contribution in [0.1, 0.15) is 19.3 Å². The van der Waals surface area contributed by atoms with Crippen molar-refractivity contribution < 1.29 is 24.3 Å². The SMILES string of the molecule is NC(=O)CC[C@H](NC(=O)N1CCC(C(N)=O)C1)C(=O)O. The molecule has 4 amide bonds. The number of carboxylic acids is 1. The molecule has 0 saturated carbocycles. The van der Waals surface area contributed by atoms with Crippen LogP contribution >= 0.6 is 0 Å². The lowest BCUT2D eigenvalue weighted by Crippen LogP contribution is -2.47. The van der Waals surface area contributed by atoms with Crippen LogP contribution in [0.5, 0.6) is 0 Å². The normalized spacial score (nSPS) is 19.4. The Kier molecular flexibility index (Phi) is 5.30. The summed E-state index contributed by atoms with van der Waals surface area (Å²) in [6, 6.07) is -1.78. The molecule has 1 saturated heterocycles. The first-order valence-electron chi connectivity index (χ1n) is 6.17. The Morgan fingerprint density at radius 3 is 2.40 bits per heavy atom. The number of carbonyl (C=O) groups is 4. The van der Waals surface area contributed by atoms with Gasteiger partial charge in [-0.05, 0) is 12.8 Å². The molecule has 1 rings (SSSR count). The monoisotopic (exact) mass is 286 g/mol. The molecule has 6 N–H and O–H groups in total. The second-order valence-corrected chi connectivity index (χ2v) is 4.68. The molecule has 20 heavy (non-hydrogen) atoms. The predicted octanol–water partition coefficient (Wildman–Crippen LogP) is -1.78. The number of hydrogen-bond donors (Lipinski definition) is 4. The highest BCUT2D eigenvalue weighted by atomic mass is 16.4. The van der Waals surface area contributed by atoms with Crippen LogP contribution in [0.3, 0.4) is 0 Å². The summed E-state index contributed by atoms with van der Waals surface area (Å²) in [5, 5.41) is 11.3. The first-order valence-corrected chi connectivity index (χ1v) is 6.17. The van der Waals surface area contributed by atoms with Crippen LogP contribution in [0.2, 0.25) is 0 Å². The number of likely N-dealkylation sites (tertiary alicyclic amines) is 1. The lowest BCUT2D eigenvalue weighted by atomic mass is 10.1. The van der Waals surface area contributed by atoms with Gasteiger partial charge >= 0.3 is 12.0 Å². The topological polar surface area (TPSA) is 156 Å². The van der Waals surface area contributed by atoms with E-state index >= 15 is 0 Å². The molecule has 2 atom stereocenters. The van der Waals surface area contributed by atoms with Gasteiger partial charge in [-0.1, -0.05) is 0 Å². The fraction of sp³-hybridized carbons (Fsp3) is 0.636. The van der Waals surface area contributed by atoms with Crippen LogP contribution in [0.4, 0.5) is 4.79 Å². The van der Waals surface area contributed by atoms with Crippen LogP contribution in [0.25, 0.3) is 0 Å². The molecule has 0 aliphatic carbocycles. The maximum atomic E-state index is 11.9. The van der Waals surface area contributed by atoms with E-state index < -0.39 is 35.8 Å². The van der Waals surface area contributed by atoms with E-state index in [9.17, 15) is 19.2 Å². The first kappa shape index (κ1) is 15.7. The average molecular weight is 286 g/mol. The van der Waals surface area contributed by atoms with Crippen LogP contribution in [-0.2, 0) is 14.4 Å². The van der Waals surface area contributed by atoms with Gasteiger partial charge in [-0.25, -0.2) is 9.59 Å². The summed E-state index contributed by atoms with van der Waals surface area (Å²) >= 11 is 0. The molecule has 0 spiro atoms. The number of rotatable bonds is 6. The predicted molar refractivity (Wildman–Crippen MR) is 67.3 cm³/mol. The third-order valence-corrected chi connectivity index (χ3v) is 3.15. The number of nitrogens with zero attached hydrogens (tertiary/aromatic N) is 1. The fourth-order valence-corrected chi connectivity index (χ4v) is 1.96. The average Bonchev–Trinajstić information content (AvgIpc) is 2.83. The summed E-state index contributed by atoms with van der Waals surface area (Å²) in [6.45, 7) is 0.505. The zero-order chi connectivity index (χ0) is 15.3. The Bertz CT molecular complexity index is 425. The smallest absolute Gasteiger partial charge is 0.326 e. The maximum absolute atomic E-state index is 11.9. The van der Waals surface area contributed by atoms with Crippen molar-refractivity contribution >= 4 is 23.8 Å². The van der Waals surface area contributed by atoms with Gasteiger partial charge in [-0.2, -0.15) is 0 Å². The number of aliphatic carboxylic acids is 1. The van der Waals surface area contributed by atoms with Crippen molar-refractivity contribution in [3.63, 3.8) is 0 Å². The van der Waals surface area contributed by atoms with Gasteiger partial charge in [0.1, 0.15) is 6.04 Å². The quantitative estimate of drug-likeness (QED) is 0.454. The zero-order valence-corrected chi connectivity index (χ0v) is 10.9. The number of nitrogens with two attached hydrogens (primary N) is 2. The second kappa shape index (κ2) is 6.73. The molecular weight excluding hydrogens is 268 g/mol. The second-order valence-electron chi connectivity index (χ2n) is 4.68. The van der Waals surface area contributed by atoms with Gasteiger partial charge < -0.3 is 26.8 Å². The fourth-order valence-electron chi connectivity index (χ4n) is 1.96. The van der Waals surface area contributed by atoms with Crippen molar-refractivity contribution in [3.8, 4) is 0 Å².